The highest BCUT2D eigenvalue weighted by Gasteiger charge is 2.37. The van der Waals surface area contributed by atoms with Crippen molar-refractivity contribution in [3.8, 4) is 97.1 Å². The minimum Gasteiger partial charge on any atom is -0.457 e. The number of sulfonamides is 1. The van der Waals surface area contributed by atoms with Crippen LogP contribution in [0.1, 0.15) is 94.8 Å². The number of aromatic nitrogens is 16. The first-order valence-electron chi connectivity index (χ1n) is 46.2. The third-order valence-electron chi connectivity index (χ3n) is 25.3. The van der Waals surface area contributed by atoms with Crippen LogP contribution in [0.3, 0.4) is 0 Å². The maximum atomic E-state index is 13.1. The zero-order valence-corrected chi connectivity index (χ0v) is 77.7. The summed E-state index contributed by atoms with van der Waals surface area (Å²) in [5.41, 5.74) is 30.0. The van der Waals surface area contributed by atoms with Crippen molar-refractivity contribution in [3.63, 3.8) is 0 Å². The number of para-hydroxylation sites is 4. The molecule has 3 aliphatic heterocycles. The molecule has 720 valence electrons. The fourth-order valence-electron chi connectivity index (χ4n) is 18.2. The van der Waals surface area contributed by atoms with Crippen molar-refractivity contribution in [3.05, 3.63) is 309 Å². The lowest BCUT2D eigenvalue weighted by Crippen LogP contribution is -2.41. The van der Waals surface area contributed by atoms with Gasteiger partial charge in [-0.15, -0.1) is 0 Å². The van der Waals surface area contributed by atoms with Crippen LogP contribution < -0.4 is 69.4 Å². The number of carbonyl (C=O) groups excluding carboxylic acids is 3. The van der Waals surface area contributed by atoms with E-state index >= 15 is 0 Å². The van der Waals surface area contributed by atoms with Gasteiger partial charge in [-0.1, -0.05) is 98.6 Å². The van der Waals surface area contributed by atoms with Gasteiger partial charge < -0.3 is 57.0 Å². The summed E-state index contributed by atoms with van der Waals surface area (Å²) in [4.78, 5) is 91.6. The van der Waals surface area contributed by atoms with Gasteiger partial charge in [-0.2, -0.15) is 50.4 Å². The van der Waals surface area contributed by atoms with Crippen LogP contribution in [0.4, 0.5) is 23.3 Å². The Labute approximate surface area is 811 Å². The van der Waals surface area contributed by atoms with Gasteiger partial charge in [0.05, 0.1) is 45.7 Å². The van der Waals surface area contributed by atoms with Crippen LogP contribution in [0.2, 0.25) is 0 Å². The third-order valence-corrected chi connectivity index (χ3v) is 26.8. The number of ether oxygens (including phenoxy) is 4. The summed E-state index contributed by atoms with van der Waals surface area (Å²) in [6.45, 7) is 12.9. The molecular weight excluding hydrogens is 1830 g/mol. The summed E-state index contributed by atoms with van der Waals surface area (Å²) >= 11 is 0. The highest BCUT2D eigenvalue weighted by Crippen LogP contribution is 2.43. The number of nitrogen functional groups attached to an aromatic ring is 4. The summed E-state index contributed by atoms with van der Waals surface area (Å²) in [5.74, 6) is 6.03. The average Bonchev–Trinajstić information content (AvgIpc) is 1.61. The van der Waals surface area contributed by atoms with Gasteiger partial charge in [0, 0.05) is 73.0 Å². The Hall–Kier alpha value is -17.7. The number of hydrogen-bond acceptors (Lipinski definition) is 26. The minimum atomic E-state index is -3.59. The number of nitrogens with one attached hydrogen (secondary N) is 5. The SMILES string of the molecule is C=CC(=O)N1CC[C@@H](n2nc(-c3ccc(Oc4ccccc4)cc3)c3c(N)n[nH]c(=O)c32)C1.C=CC(=O)NC1CCC(n2nc(-c3ccc(Oc4ccccc4)cc3)c3c(N)n[nH]c(=O)c32)CC1.C=CS(=O)(=O)N1CCC[C@@H](n2nc(-c3ccc(Oc4ccccc4)cc3)c3c(N)n[nH]c(=O)c32)C1.N#CC(=CC1CC1)C(=O)N1CCC[C@@H](n2nc(-c3ccc(Oc4ccccc4)cc3)c3c(N)n[nH]c(=O)c32)C1. The van der Waals surface area contributed by atoms with Crippen molar-refractivity contribution >= 4 is 94.6 Å². The van der Waals surface area contributed by atoms with Crippen LogP contribution in [0.15, 0.2) is 287 Å². The maximum Gasteiger partial charge on any atom is 0.290 e. The Balaban J connectivity index is 0.000000125. The summed E-state index contributed by atoms with van der Waals surface area (Å²) < 4.78 is 56.3. The zero-order valence-electron chi connectivity index (χ0n) is 76.9. The lowest BCUT2D eigenvalue weighted by molar-refractivity contribution is -0.128. The molecule has 5 aliphatic rings. The minimum absolute atomic E-state index is 0.00622. The molecule has 13 N–H and O–H groups in total. The molecule has 0 bridgehead atoms. The summed E-state index contributed by atoms with van der Waals surface area (Å²) in [6.07, 6.45) is 12.9. The number of amides is 3. The number of nitrogens with zero attached hydrogens (tertiary/aromatic N) is 16. The molecule has 8 aromatic carbocycles. The van der Waals surface area contributed by atoms with Gasteiger partial charge in [-0.3, -0.25) is 52.3 Å². The molecule has 3 amide bonds. The highest BCUT2D eigenvalue weighted by atomic mass is 32.2. The van der Waals surface area contributed by atoms with E-state index in [0.717, 1.165) is 96.3 Å². The number of anilines is 4. The number of rotatable bonds is 23. The molecule has 16 aromatic rings. The van der Waals surface area contributed by atoms with Crippen LogP contribution in [-0.4, -0.2) is 165 Å². The van der Waals surface area contributed by atoms with Crippen molar-refractivity contribution in [2.45, 2.75) is 101 Å². The molecule has 142 heavy (non-hydrogen) atoms. The van der Waals surface area contributed by atoms with E-state index in [4.69, 9.17) is 62.3 Å². The topological polar surface area (TPSA) is 526 Å². The van der Waals surface area contributed by atoms with Gasteiger partial charge in [-0.05, 0) is 234 Å². The maximum absolute atomic E-state index is 13.1. The van der Waals surface area contributed by atoms with Crippen molar-refractivity contribution in [1.82, 2.24) is 99.3 Å². The van der Waals surface area contributed by atoms with E-state index in [-0.39, 0.29) is 100.0 Å². The summed E-state index contributed by atoms with van der Waals surface area (Å²) in [5, 5.41) is 60.3. The molecule has 8 aromatic heterocycles. The Morgan fingerprint density at radius 1 is 0.394 bits per heavy atom. The first-order chi connectivity index (χ1) is 69.0. The molecule has 3 saturated heterocycles. The van der Waals surface area contributed by atoms with E-state index in [1.165, 1.54) is 16.5 Å². The van der Waals surface area contributed by atoms with Crippen molar-refractivity contribution in [1.29, 1.82) is 5.26 Å². The number of likely N-dealkylation sites (tertiary alicyclic amines) is 2. The number of benzene rings is 8. The van der Waals surface area contributed by atoms with E-state index in [0.29, 0.717) is 148 Å². The molecule has 0 spiro atoms. The van der Waals surface area contributed by atoms with E-state index in [2.05, 4.69) is 71.9 Å². The van der Waals surface area contributed by atoms with Crippen LogP contribution >= 0.6 is 0 Å². The van der Waals surface area contributed by atoms with Gasteiger partial charge >= 0.3 is 0 Å². The number of piperidine rings is 2. The highest BCUT2D eigenvalue weighted by molar-refractivity contribution is 7.92. The van der Waals surface area contributed by atoms with Crippen molar-refractivity contribution in [2.75, 3.05) is 62.2 Å². The Bertz CT molecular complexity index is 7870. The molecule has 0 radical (unpaired) electrons. The molecule has 5 fully saturated rings. The van der Waals surface area contributed by atoms with Gasteiger partial charge in [0.1, 0.15) is 102 Å². The number of H-pyrrole nitrogens is 4. The fraction of sp³-hybridized carbons (Fsp3) is 0.223. The van der Waals surface area contributed by atoms with E-state index < -0.39 is 21.1 Å². The summed E-state index contributed by atoms with van der Waals surface area (Å²) in [7, 11) is -3.59. The standard InChI is InChI=1S/C29H27N7O3.C26H26N6O3.C24H24N6O4S.C24H22N6O3/c30-16-20(15-18-8-9-18)29(38)35-14-4-5-21(17-35)36-26-24(27(31)32-33-28(26)37)25(34-36)19-10-12-23(13-11-19)39-22-6-2-1-3-7-22;1-2-21(33)28-17-10-12-18(13-11-17)32-24-22(25(27)29-30-26(24)34)23(31-32)16-8-14-20(15-9-16)35-19-6-4-3-5-7-19;1-2-35(32,33)29-14-6-7-17(15-29)30-22-20(23(25)26-27-24(22)31)21(28-30)16-10-12-19(13-11-16)34-18-8-4-3-5-9-18;1-2-19(31)29-13-12-16(14-29)30-22-20(23(25)26-27-24(22)32)21(28-30)15-8-10-18(11-9-15)33-17-6-4-3-5-7-17/h1-3,6-7,10-13,15,18,21H,4-5,8-9,14,17H2,(H2,31,32)(H,33,37);2-9,14-15,17-18H,1,10-13H2,(H2,27,29)(H,28,33)(H,30,34);2-5,8-13,17H,1,6-7,14-15H2,(H2,25,26)(H,27,31);2-11,16H,1,12-14H2,(H2,25,26)(H,27,32)/t21-;;17-;16-/m1.11/s1. The van der Waals surface area contributed by atoms with Crippen molar-refractivity contribution in [2.24, 2.45) is 5.92 Å². The van der Waals surface area contributed by atoms with Gasteiger partial charge in [0.25, 0.3) is 28.1 Å². The first-order valence-corrected chi connectivity index (χ1v) is 47.7. The second kappa shape index (κ2) is 41.7. The van der Waals surface area contributed by atoms with E-state index in [1.807, 2.05) is 218 Å². The van der Waals surface area contributed by atoms with E-state index in [9.17, 15) is 47.2 Å². The van der Waals surface area contributed by atoms with Gasteiger partial charge in [0.2, 0.25) is 21.8 Å². The molecule has 39 heteroatoms. The predicted molar refractivity (Wildman–Crippen MR) is 538 cm³/mol. The molecule has 0 unspecified atom stereocenters. The Morgan fingerprint density at radius 3 is 1.05 bits per heavy atom. The fourth-order valence-corrected chi connectivity index (χ4v) is 19.1. The molecule has 3 atom stereocenters. The van der Waals surface area contributed by atoms with Crippen LogP contribution in [0.25, 0.3) is 88.6 Å². The first kappa shape index (κ1) is 94.7. The average molecular weight is 1930 g/mol. The quantitative estimate of drug-likeness (QED) is 0.0212. The second-order valence-electron chi connectivity index (χ2n) is 34.7. The van der Waals surface area contributed by atoms with E-state index in [1.54, 1.807) is 34.6 Å². The van der Waals surface area contributed by atoms with Gasteiger partial charge in [-0.25, -0.2) is 28.8 Å². The molecule has 38 nitrogen and oxygen atoms in total. The predicted octanol–water partition coefficient (Wildman–Crippen LogP) is 14.5. The molecule has 21 rings (SSSR count). The number of carbonyl (C=O) groups is 3. The second-order valence-corrected chi connectivity index (χ2v) is 36.5. The summed E-state index contributed by atoms with van der Waals surface area (Å²) in [6, 6.07) is 68.9. The normalized spacial score (nSPS) is 17.0. The number of nitriles is 1. The van der Waals surface area contributed by atoms with Crippen LogP contribution in [0.5, 0.6) is 46.0 Å². The molecule has 2 aliphatic carbocycles. The smallest absolute Gasteiger partial charge is 0.290 e. The van der Waals surface area contributed by atoms with Crippen LogP contribution in [-0.2, 0) is 24.4 Å². The Kier molecular flexibility index (Phi) is 27.8. The number of allylic oxidation sites excluding steroid dienone is 1. The molecule has 11 heterocycles. The molecular formula is C103H99N25O13S. The largest absolute Gasteiger partial charge is 0.457 e. The number of aromatic amines is 4. The third kappa shape index (κ3) is 20.6. The number of hydrogen-bond donors (Lipinski definition) is 9. The van der Waals surface area contributed by atoms with Crippen molar-refractivity contribution < 1.29 is 41.7 Å². The lowest BCUT2D eigenvalue weighted by atomic mass is 9.91. The zero-order chi connectivity index (χ0) is 98.8. The number of nitrogens with two attached hydrogens (primary N) is 4. The van der Waals surface area contributed by atoms with Gasteiger partial charge in [0.15, 0.2) is 23.3 Å². The monoisotopic (exact) mass is 1930 g/mol. The number of fused-ring (bicyclic) bond motifs is 4. The Morgan fingerprint density at radius 2 is 0.718 bits per heavy atom. The molecule has 2 saturated carbocycles. The van der Waals surface area contributed by atoms with Crippen LogP contribution in [0, 0.1) is 17.2 Å². The lowest BCUT2D eigenvalue weighted by Gasteiger charge is -2.33.